The van der Waals surface area contributed by atoms with E-state index in [9.17, 15) is 0 Å². The van der Waals surface area contributed by atoms with Crippen LogP contribution in [0.2, 0.25) is 0 Å². The van der Waals surface area contributed by atoms with Crippen molar-refractivity contribution in [2.45, 2.75) is 26.7 Å². The molecule has 2 N–H and O–H groups in total. The maximum absolute atomic E-state index is 8.60. The van der Waals surface area contributed by atoms with Crippen LogP contribution in [0.4, 0.5) is 0 Å². The van der Waals surface area contributed by atoms with E-state index in [1.54, 1.807) is 0 Å². The zero-order valence-electron chi connectivity index (χ0n) is 8.58. The van der Waals surface area contributed by atoms with E-state index in [4.69, 9.17) is 5.11 Å². The minimum Gasteiger partial charge on any atom is -0.870 e. The third-order valence-electron chi connectivity index (χ3n) is 2.63. The van der Waals surface area contributed by atoms with Crippen LogP contribution >= 0.6 is 0 Å². The molecule has 0 aromatic rings. The molecule has 0 radical (unpaired) electrons. The Morgan fingerprint density at radius 1 is 1.08 bits per heavy atom. The van der Waals surface area contributed by atoms with Crippen LogP contribution in [0.3, 0.4) is 0 Å². The van der Waals surface area contributed by atoms with Gasteiger partial charge in [-0.2, -0.15) is 0 Å². The Labute approximate surface area is 75.9 Å². The molecule has 0 atom stereocenters. The van der Waals surface area contributed by atoms with Crippen molar-refractivity contribution >= 4 is 0 Å². The first-order chi connectivity index (χ1) is 5.18. The molecule has 0 heterocycles. The van der Waals surface area contributed by atoms with Gasteiger partial charge in [0, 0.05) is 6.61 Å². The maximum atomic E-state index is 8.60. The second-order valence-corrected chi connectivity index (χ2v) is 3.41. The van der Waals surface area contributed by atoms with Crippen molar-refractivity contribution < 1.29 is 15.1 Å². The minimum absolute atomic E-state index is 0. The quantitative estimate of drug-likeness (QED) is 0.487. The minimum atomic E-state index is 0. The molecule has 0 fully saturated rings. The lowest BCUT2D eigenvalue weighted by Gasteiger charge is -2.32. The summed E-state index contributed by atoms with van der Waals surface area (Å²) in [6, 6.07) is 0. The highest BCUT2D eigenvalue weighted by atomic mass is 16.2. The molecule has 0 bridgehead atoms. The normalized spacial score (nSPS) is 11.0. The lowest BCUT2D eigenvalue weighted by molar-refractivity contribution is -0.906. The van der Waals surface area contributed by atoms with Crippen molar-refractivity contribution in [1.29, 1.82) is 0 Å². The summed E-state index contributed by atoms with van der Waals surface area (Å²) in [5.74, 6) is 0. The van der Waals surface area contributed by atoms with Gasteiger partial charge >= 0.3 is 0 Å². The number of hydrogen-bond donors (Lipinski definition) is 1. The van der Waals surface area contributed by atoms with Gasteiger partial charge in [-0.15, -0.1) is 0 Å². The van der Waals surface area contributed by atoms with Crippen LogP contribution in [0.5, 0.6) is 0 Å². The molecule has 0 aliphatic heterocycles. The first-order valence-corrected chi connectivity index (χ1v) is 4.63. The van der Waals surface area contributed by atoms with E-state index in [2.05, 4.69) is 20.9 Å². The fourth-order valence-electron chi connectivity index (χ4n) is 1.15. The van der Waals surface area contributed by atoms with Crippen LogP contribution in [0.25, 0.3) is 0 Å². The van der Waals surface area contributed by atoms with Crippen LogP contribution < -0.4 is 0 Å². The Morgan fingerprint density at radius 3 is 1.92 bits per heavy atom. The summed E-state index contributed by atoms with van der Waals surface area (Å²) in [5.41, 5.74) is 0. The molecule has 0 spiro atoms. The molecule has 76 valence electrons. The molecule has 0 saturated heterocycles. The summed E-state index contributed by atoms with van der Waals surface area (Å²) in [4.78, 5) is 0. The number of aliphatic hydroxyl groups excluding tert-OH is 1. The van der Waals surface area contributed by atoms with Gasteiger partial charge in [0.15, 0.2) is 0 Å². The van der Waals surface area contributed by atoms with E-state index in [0.29, 0.717) is 6.61 Å². The van der Waals surface area contributed by atoms with Gasteiger partial charge in [-0.1, -0.05) is 0 Å². The molecule has 0 aliphatic carbocycles. The Kier molecular flexibility index (Phi) is 9.03. The second kappa shape index (κ2) is 7.53. The van der Waals surface area contributed by atoms with Gasteiger partial charge in [0.25, 0.3) is 0 Å². The molecule has 0 unspecified atom stereocenters. The predicted octanol–water partition coefficient (Wildman–Crippen LogP) is 1.07. The molecule has 0 aromatic heterocycles. The Bertz CT molecular complexity index is 92.5. The van der Waals surface area contributed by atoms with Crippen molar-refractivity contribution in [3.8, 4) is 0 Å². The molecule has 0 aliphatic rings. The van der Waals surface area contributed by atoms with Crippen LogP contribution in [0.1, 0.15) is 26.7 Å². The summed E-state index contributed by atoms with van der Waals surface area (Å²) in [5, 5.41) is 8.60. The molecule has 3 nitrogen and oxygen atoms in total. The van der Waals surface area contributed by atoms with Crippen LogP contribution in [-0.2, 0) is 0 Å². The first kappa shape index (κ1) is 14.4. The van der Waals surface area contributed by atoms with Gasteiger partial charge in [-0.25, -0.2) is 0 Å². The van der Waals surface area contributed by atoms with Gasteiger partial charge in [0.1, 0.15) is 0 Å². The molecule has 0 amide bonds. The molecular weight excluding hydrogens is 154 g/mol. The number of rotatable bonds is 6. The molecule has 0 saturated carbocycles. The van der Waals surface area contributed by atoms with E-state index in [0.717, 1.165) is 17.3 Å². The topological polar surface area (TPSA) is 50.2 Å². The zero-order chi connectivity index (χ0) is 8.74. The average Bonchev–Trinajstić information content (AvgIpc) is 2.05. The fourth-order valence-corrected chi connectivity index (χ4v) is 1.15. The van der Waals surface area contributed by atoms with E-state index < -0.39 is 0 Å². The van der Waals surface area contributed by atoms with Crippen LogP contribution in [0, 0.1) is 0 Å². The van der Waals surface area contributed by atoms with Gasteiger partial charge in [-0.05, 0) is 26.7 Å². The maximum Gasteiger partial charge on any atom is 0.0785 e. The zero-order valence-corrected chi connectivity index (χ0v) is 8.58. The first-order valence-electron chi connectivity index (χ1n) is 4.63. The van der Waals surface area contributed by atoms with Crippen LogP contribution in [0.15, 0.2) is 0 Å². The number of quaternary nitrogens is 1. The molecular formula is C9H23NO2. The van der Waals surface area contributed by atoms with Crippen molar-refractivity contribution in [2.24, 2.45) is 0 Å². The second-order valence-electron chi connectivity index (χ2n) is 3.41. The van der Waals surface area contributed by atoms with Gasteiger partial charge in [0.05, 0.1) is 26.7 Å². The van der Waals surface area contributed by atoms with E-state index in [1.165, 1.54) is 19.6 Å². The smallest absolute Gasteiger partial charge is 0.0785 e. The third-order valence-corrected chi connectivity index (χ3v) is 2.63. The fraction of sp³-hybridized carbons (Fsp3) is 1.00. The SMILES string of the molecule is CC[N+](C)(CC)CCCCO.[OH-]. The summed E-state index contributed by atoms with van der Waals surface area (Å²) < 4.78 is 1.14. The number of aliphatic hydroxyl groups is 1. The van der Waals surface area contributed by atoms with Gasteiger partial charge in [0.2, 0.25) is 0 Å². The Morgan fingerprint density at radius 2 is 1.58 bits per heavy atom. The molecule has 0 aromatic carbocycles. The van der Waals surface area contributed by atoms with Crippen molar-refractivity contribution in [3.05, 3.63) is 0 Å². The summed E-state index contributed by atoms with van der Waals surface area (Å²) >= 11 is 0. The van der Waals surface area contributed by atoms with Crippen molar-refractivity contribution in [3.63, 3.8) is 0 Å². The third kappa shape index (κ3) is 5.52. The van der Waals surface area contributed by atoms with E-state index in [-0.39, 0.29) is 5.48 Å². The summed E-state index contributed by atoms with van der Waals surface area (Å²) in [6.07, 6.45) is 2.10. The van der Waals surface area contributed by atoms with Gasteiger partial charge < -0.3 is 15.1 Å². The number of unbranched alkanes of at least 4 members (excludes halogenated alkanes) is 1. The average molecular weight is 177 g/mol. The highest BCUT2D eigenvalue weighted by Gasteiger charge is 2.14. The van der Waals surface area contributed by atoms with E-state index >= 15 is 0 Å². The molecule has 12 heavy (non-hydrogen) atoms. The lowest BCUT2D eigenvalue weighted by atomic mass is 10.2. The summed E-state index contributed by atoms with van der Waals surface area (Å²) in [7, 11) is 2.28. The summed E-state index contributed by atoms with van der Waals surface area (Å²) in [6.45, 7) is 8.38. The van der Waals surface area contributed by atoms with E-state index in [1.807, 2.05) is 0 Å². The van der Waals surface area contributed by atoms with Crippen molar-refractivity contribution in [1.82, 2.24) is 0 Å². The number of nitrogens with zero attached hydrogens (tertiary/aromatic N) is 1. The largest absolute Gasteiger partial charge is 0.870 e. The van der Waals surface area contributed by atoms with Crippen LogP contribution in [-0.4, -0.2) is 48.4 Å². The van der Waals surface area contributed by atoms with Crippen molar-refractivity contribution in [2.75, 3.05) is 33.3 Å². The highest BCUT2D eigenvalue weighted by molar-refractivity contribution is 4.38. The molecule has 0 rings (SSSR count). The Hall–Kier alpha value is -0.120. The van der Waals surface area contributed by atoms with Gasteiger partial charge in [-0.3, -0.25) is 0 Å². The lowest BCUT2D eigenvalue weighted by Crippen LogP contribution is -2.44. The Balaban J connectivity index is 0. The standard InChI is InChI=1S/C9H22NO.H2O/c1-4-10(3,5-2)8-6-7-9-11;/h11H,4-9H2,1-3H3;1H2/q+1;/p-1. The molecule has 3 heteroatoms. The highest BCUT2D eigenvalue weighted by Crippen LogP contribution is 2.03. The number of hydrogen-bond acceptors (Lipinski definition) is 2. The monoisotopic (exact) mass is 177 g/mol. The predicted molar refractivity (Wildman–Crippen MR) is 50.4 cm³/mol.